The average Bonchev–Trinajstić information content (AvgIpc) is 3.18. The van der Waals surface area contributed by atoms with Crippen LogP contribution in [-0.4, -0.2) is 64.5 Å². The lowest BCUT2D eigenvalue weighted by molar-refractivity contribution is -0.146. The number of aromatic nitrogens is 2. The molecule has 0 radical (unpaired) electrons. The van der Waals surface area contributed by atoms with Crippen LogP contribution in [0.2, 0.25) is 5.02 Å². The molecule has 2 heterocycles. The van der Waals surface area contributed by atoms with Crippen molar-refractivity contribution in [3.05, 3.63) is 77.3 Å². The van der Waals surface area contributed by atoms with Gasteiger partial charge in [-0.15, -0.1) is 10.2 Å². The van der Waals surface area contributed by atoms with Crippen molar-refractivity contribution in [2.24, 2.45) is 5.92 Å². The Morgan fingerprint density at radius 2 is 1.68 bits per heavy atom. The van der Waals surface area contributed by atoms with Crippen LogP contribution < -0.4 is 4.90 Å². The first-order chi connectivity index (χ1) is 18.5. The van der Waals surface area contributed by atoms with Crippen LogP contribution in [-0.2, 0) is 9.59 Å². The molecule has 1 aromatic heterocycles. The Bertz CT molecular complexity index is 1250. The molecule has 3 aromatic rings. The second kappa shape index (κ2) is 11.9. The zero-order valence-electron chi connectivity index (χ0n) is 21.8. The van der Waals surface area contributed by atoms with Gasteiger partial charge in [-0.25, -0.2) is 0 Å². The molecule has 0 spiro atoms. The summed E-state index contributed by atoms with van der Waals surface area (Å²) in [4.78, 5) is 32.7. The standard InChI is InChI=1S/C30H34ClN5O2/c1-22(23-9-3-2-4-10-23)36(30(38)24-11-7-12-24)21-29(37)35-18-8-17-34(19-20-35)28-16-15-27(32-33-28)25-13-5-6-14-26(25)31/h2-6,9-10,13-16,22,24H,7-8,11-12,17-21H2,1H3/t22-/m0/s1. The van der Waals surface area contributed by atoms with Crippen molar-refractivity contribution in [2.75, 3.05) is 37.6 Å². The predicted octanol–water partition coefficient (Wildman–Crippen LogP) is 5.23. The Kier molecular flexibility index (Phi) is 8.23. The van der Waals surface area contributed by atoms with Gasteiger partial charge >= 0.3 is 0 Å². The van der Waals surface area contributed by atoms with Crippen molar-refractivity contribution < 1.29 is 9.59 Å². The fourth-order valence-electron chi connectivity index (χ4n) is 5.16. The van der Waals surface area contributed by atoms with Gasteiger partial charge in [-0.1, -0.05) is 66.6 Å². The summed E-state index contributed by atoms with van der Waals surface area (Å²) < 4.78 is 0. The maximum absolute atomic E-state index is 13.5. The first-order valence-corrected chi connectivity index (χ1v) is 13.9. The number of carbonyl (C=O) groups excluding carboxylic acids is 2. The van der Waals surface area contributed by atoms with Crippen LogP contribution in [0.3, 0.4) is 0 Å². The SMILES string of the molecule is C[C@@H](c1ccccc1)N(CC(=O)N1CCCN(c2ccc(-c3ccccc3Cl)nn2)CC1)C(=O)C1CCC1. The Hall–Kier alpha value is -3.45. The molecular weight excluding hydrogens is 498 g/mol. The summed E-state index contributed by atoms with van der Waals surface area (Å²) >= 11 is 6.31. The molecular formula is C30H34ClN5O2. The molecule has 0 bridgehead atoms. The maximum Gasteiger partial charge on any atom is 0.242 e. The van der Waals surface area contributed by atoms with E-state index in [1.54, 1.807) is 4.90 Å². The molecule has 7 nitrogen and oxygen atoms in total. The topological polar surface area (TPSA) is 69.6 Å². The third-order valence-corrected chi connectivity index (χ3v) is 8.10. The third kappa shape index (κ3) is 5.83. The fraction of sp³-hybridized carbons (Fsp3) is 0.400. The Morgan fingerprint density at radius 1 is 0.921 bits per heavy atom. The van der Waals surface area contributed by atoms with Gasteiger partial charge < -0.3 is 14.7 Å². The van der Waals surface area contributed by atoms with E-state index in [-0.39, 0.29) is 30.3 Å². The second-order valence-electron chi connectivity index (χ2n) is 10.2. The van der Waals surface area contributed by atoms with Crippen LogP contribution in [0.1, 0.15) is 44.2 Å². The second-order valence-corrected chi connectivity index (χ2v) is 10.6. The van der Waals surface area contributed by atoms with Crippen molar-refractivity contribution in [3.63, 3.8) is 0 Å². The van der Waals surface area contributed by atoms with E-state index >= 15 is 0 Å². The minimum Gasteiger partial charge on any atom is -0.353 e. The van der Waals surface area contributed by atoms with Gasteiger partial charge in [-0.3, -0.25) is 9.59 Å². The first kappa shape index (κ1) is 26.2. The molecule has 1 saturated carbocycles. The smallest absolute Gasteiger partial charge is 0.242 e. The largest absolute Gasteiger partial charge is 0.353 e. The number of anilines is 1. The van der Waals surface area contributed by atoms with E-state index < -0.39 is 0 Å². The first-order valence-electron chi connectivity index (χ1n) is 13.5. The van der Waals surface area contributed by atoms with Crippen LogP contribution in [0.15, 0.2) is 66.7 Å². The molecule has 1 saturated heterocycles. The van der Waals surface area contributed by atoms with E-state index in [4.69, 9.17) is 11.6 Å². The molecule has 2 aromatic carbocycles. The van der Waals surface area contributed by atoms with E-state index in [1.807, 2.05) is 78.6 Å². The summed E-state index contributed by atoms with van der Waals surface area (Å²) in [6.07, 6.45) is 3.74. The molecule has 198 valence electrons. The number of amides is 2. The van der Waals surface area contributed by atoms with Gasteiger partial charge in [0.15, 0.2) is 5.82 Å². The van der Waals surface area contributed by atoms with Gasteiger partial charge in [0.2, 0.25) is 11.8 Å². The molecule has 0 N–H and O–H groups in total. The van der Waals surface area contributed by atoms with Gasteiger partial charge in [0, 0.05) is 37.7 Å². The van der Waals surface area contributed by atoms with E-state index in [9.17, 15) is 9.59 Å². The van der Waals surface area contributed by atoms with Gasteiger partial charge in [-0.2, -0.15) is 0 Å². The van der Waals surface area contributed by atoms with Crippen molar-refractivity contribution >= 4 is 29.2 Å². The van der Waals surface area contributed by atoms with Crippen LogP contribution >= 0.6 is 11.6 Å². The quantitative estimate of drug-likeness (QED) is 0.418. The molecule has 0 unspecified atom stereocenters. The Labute approximate surface area is 229 Å². The van der Waals surface area contributed by atoms with Crippen molar-refractivity contribution in [1.82, 2.24) is 20.0 Å². The lowest BCUT2D eigenvalue weighted by Crippen LogP contribution is -2.47. The Morgan fingerprint density at radius 3 is 2.37 bits per heavy atom. The van der Waals surface area contributed by atoms with E-state index in [1.165, 1.54) is 0 Å². The number of nitrogens with zero attached hydrogens (tertiary/aromatic N) is 5. The molecule has 38 heavy (non-hydrogen) atoms. The summed E-state index contributed by atoms with van der Waals surface area (Å²) in [7, 11) is 0. The molecule has 2 amide bonds. The number of carbonyl (C=O) groups is 2. The molecule has 1 atom stereocenters. The Balaban J connectivity index is 1.24. The van der Waals surface area contributed by atoms with E-state index in [2.05, 4.69) is 15.1 Å². The number of benzene rings is 2. The molecule has 5 rings (SSSR count). The van der Waals surface area contributed by atoms with Gasteiger partial charge in [-0.05, 0) is 49.9 Å². The van der Waals surface area contributed by atoms with Gasteiger partial charge in [0.1, 0.15) is 6.54 Å². The highest BCUT2D eigenvalue weighted by molar-refractivity contribution is 6.33. The molecule has 2 fully saturated rings. The monoisotopic (exact) mass is 531 g/mol. The third-order valence-electron chi connectivity index (χ3n) is 7.77. The number of halogens is 1. The lowest BCUT2D eigenvalue weighted by Gasteiger charge is -2.36. The van der Waals surface area contributed by atoms with Gasteiger partial charge in [0.05, 0.1) is 16.8 Å². The molecule has 2 aliphatic rings. The van der Waals surface area contributed by atoms with Crippen molar-refractivity contribution in [1.29, 1.82) is 0 Å². The number of hydrogen-bond donors (Lipinski definition) is 0. The van der Waals surface area contributed by atoms with Crippen molar-refractivity contribution in [2.45, 2.75) is 38.6 Å². The number of rotatable bonds is 7. The van der Waals surface area contributed by atoms with E-state index in [0.717, 1.165) is 54.9 Å². The summed E-state index contributed by atoms with van der Waals surface area (Å²) in [5.74, 6) is 0.934. The fourth-order valence-corrected chi connectivity index (χ4v) is 5.39. The molecule has 1 aliphatic heterocycles. The van der Waals surface area contributed by atoms with Gasteiger partial charge in [0.25, 0.3) is 0 Å². The van der Waals surface area contributed by atoms with Crippen molar-refractivity contribution in [3.8, 4) is 11.3 Å². The lowest BCUT2D eigenvalue weighted by atomic mass is 9.84. The maximum atomic E-state index is 13.5. The van der Waals surface area contributed by atoms with Crippen LogP contribution in [0.25, 0.3) is 11.3 Å². The summed E-state index contributed by atoms with van der Waals surface area (Å²) in [6, 6.07) is 21.3. The highest BCUT2D eigenvalue weighted by Crippen LogP contribution is 2.32. The van der Waals surface area contributed by atoms with Crippen LogP contribution in [0.5, 0.6) is 0 Å². The predicted molar refractivity (Wildman–Crippen MR) is 150 cm³/mol. The minimum atomic E-state index is -0.149. The zero-order valence-corrected chi connectivity index (χ0v) is 22.6. The minimum absolute atomic E-state index is 0.00227. The van der Waals surface area contributed by atoms with Crippen LogP contribution in [0.4, 0.5) is 5.82 Å². The summed E-state index contributed by atoms with van der Waals surface area (Å²) in [5, 5.41) is 9.51. The van der Waals surface area contributed by atoms with E-state index in [0.29, 0.717) is 24.7 Å². The number of hydrogen-bond acceptors (Lipinski definition) is 5. The highest BCUT2D eigenvalue weighted by atomic mass is 35.5. The average molecular weight is 532 g/mol. The normalized spacial score (nSPS) is 16.9. The highest BCUT2D eigenvalue weighted by Gasteiger charge is 2.34. The zero-order chi connectivity index (χ0) is 26.5. The van der Waals surface area contributed by atoms with Crippen LogP contribution in [0, 0.1) is 5.92 Å². The summed E-state index contributed by atoms with van der Waals surface area (Å²) in [5.41, 5.74) is 2.63. The summed E-state index contributed by atoms with van der Waals surface area (Å²) in [6.45, 7) is 4.82. The molecule has 8 heteroatoms. The molecule has 1 aliphatic carbocycles.